The molecule has 1 saturated heterocycles. The van der Waals surface area contributed by atoms with Crippen LogP contribution in [0.2, 0.25) is 0 Å². The zero-order valence-corrected chi connectivity index (χ0v) is 10.5. The van der Waals surface area contributed by atoms with Crippen LogP contribution < -0.4 is 0 Å². The lowest BCUT2D eigenvalue weighted by atomic mass is 10.00. The molecule has 17 heavy (non-hydrogen) atoms. The number of likely N-dealkylation sites (tertiary alicyclic amines) is 1. The van der Waals surface area contributed by atoms with Crippen molar-refractivity contribution in [2.75, 3.05) is 19.7 Å². The average Bonchev–Trinajstić information content (AvgIpc) is 2.57. The van der Waals surface area contributed by atoms with Gasteiger partial charge in [-0.1, -0.05) is 0 Å². The fraction of sp³-hybridized carbons (Fsp3) is 0.909. The molecular weight excluding hydrogens is 226 g/mol. The zero-order valence-electron chi connectivity index (χ0n) is 10.5. The maximum Gasteiger partial charge on any atom is 0.410 e. The number of carbonyl (C=O) groups excluding carboxylic acids is 1. The van der Waals surface area contributed by atoms with E-state index in [9.17, 15) is 15.0 Å². The number of β-amino-alcohol motifs (C(OH)–C–C–N with tert-alkyl or cyclic N) is 1. The van der Waals surface area contributed by atoms with Gasteiger partial charge in [-0.2, -0.15) is 0 Å². The van der Waals surface area contributed by atoms with Crippen molar-refractivity contribution in [1.82, 2.24) is 4.90 Å². The lowest BCUT2D eigenvalue weighted by molar-refractivity contribution is 0.00638. The summed E-state index contributed by atoms with van der Waals surface area (Å²) in [6.07, 6.45) is -2.36. The summed E-state index contributed by atoms with van der Waals surface area (Å²) in [5.41, 5.74) is -0.588. The monoisotopic (exact) mass is 247 g/mol. The van der Waals surface area contributed by atoms with E-state index in [1.807, 2.05) is 0 Å². The quantitative estimate of drug-likeness (QED) is 0.616. The predicted molar refractivity (Wildman–Crippen MR) is 60.4 cm³/mol. The van der Waals surface area contributed by atoms with Crippen LogP contribution in [0, 0.1) is 5.92 Å². The van der Waals surface area contributed by atoms with Crippen LogP contribution in [0.15, 0.2) is 0 Å². The second kappa shape index (κ2) is 5.20. The number of hydrogen-bond acceptors (Lipinski definition) is 5. The number of ether oxygens (including phenoxy) is 1. The van der Waals surface area contributed by atoms with Crippen molar-refractivity contribution in [3.63, 3.8) is 0 Å². The number of nitrogens with zero attached hydrogens (tertiary/aromatic N) is 1. The third kappa shape index (κ3) is 3.83. The molecule has 1 aliphatic rings. The fourth-order valence-corrected chi connectivity index (χ4v) is 1.80. The van der Waals surface area contributed by atoms with E-state index in [0.29, 0.717) is 0 Å². The van der Waals surface area contributed by atoms with E-state index in [-0.39, 0.29) is 13.1 Å². The smallest absolute Gasteiger partial charge is 0.410 e. The predicted octanol–water partition coefficient (Wildman–Crippen LogP) is -0.433. The van der Waals surface area contributed by atoms with Crippen LogP contribution in [0.3, 0.4) is 0 Å². The molecule has 6 heteroatoms. The lowest BCUT2D eigenvalue weighted by Crippen LogP contribution is -2.36. The highest BCUT2D eigenvalue weighted by atomic mass is 16.6. The molecule has 0 aromatic heterocycles. The summed E-state index contributed by atoms with van der Waals surface area (Å²) in [7, 11) is 0. The van der Waals surface area contributed by atoms with E-state index < -0.39 is 36.4 Å². The van der Waals surface area contributed by atoms with Gasteiger partial charge in [0, 0.05) is 12.5 Å². The minimum absolute atomic E-state index is 0.122. The molecule has 3 unspecified atom stereocenters. The van der Waals surface area contributed by atoms with Gasteiger partial charge < -0.3 is 25.0 Å². The summed E-state index contributed by atoms with van der Waals surface area (Å²) in [5.74, 6) is -0.521. The number of aliphatic hydroxyl groups is 3. The van der Waals surface area contributed by atoms with E-state index in [2.05, 4.69) is 0 Å². The molecule has 0 aromatic rings. The molecule has 0 aromatic carbocycles. The first-order chi connectivity index (χ1) is 7.74. The topological polar surface area (TPSA) is 90.2 Å². The number of carbonyl (C=O) groups is 1. The molecule has 0 spiro atoms. The van der Waals surface area contributed by atoms with Gasteiger partial charge in [0.25, 0.3) is 0 Å². The molecule has 6 nitrogen and oxygen atoms in total. The third-order valence-corrected chi connectivity index (χ3v) is 2.67. The van der Waals surface area contributed by atoms with Gasteiger partial charge in [-0.15, -0.1) is 0 Å². The summed E-state index contributed by atoms with van der Waals surface area (Å²) in [6, 6.07) is 0. The van der Waals surface area contributed by atoms with E-state index in [1.54, 1.807) is 20.8 Å². The van der Waals surface area contributed by atoms with Crippen LogP contribution in [0.1, 0.15) is 20.8 Å². The van der Waals surface area contributed by atoms with Gasteiger partial charge in [0.2, 0.25) is 0 Å². The standard InChI is InChI=1S/C11H21NO5/c1-11(2,3)17-10(16)12-4-7(8(14)5-12)9(15)6-13/h7-9,13-15H,4-6H2,1-3H3. The van der Waals surface area contributed by atoms with Crippen molar-refractivity contribution in [2.45, 2.75) is 38.6 Å². The lowest BCUT2D eigenvalue weighted by Gasteiger charge is -2.24. The van der Waals surface area contributed by atoms with Gasteiger partial charge in [-0.05, 0) is 20.8 Å². The van der Waals surface area contributed by atoms with Crippen molar-refractivity contribution in [1.29, 1.82) is 0 Å². The molecule has 100 valence electrons. The van der Waals surface area contributed by atoms with E-state index >= 15 is 0 Å². The fourth-order valence-electron chi connectivity index (χ4n) is 1.80. The third-order valence-electron chi connectivity index (χ3n) is 2.67. The van der Waals surface area contributed by atoms with Gasteiger partial charge in [0.15, 0.2) is 0 Å². The average molecular weight is 247 g/mol. The molecule has 1 aliphatic heterocycles. The summed E-state index contributed by atoms with van der Waals surface area (Å²) in [4.78, 5) is 13.1. The molecule has 1 rings (SSSR count). The van der Waals surface area contributed by atoms with Crippen molar-refractivity contribution in [2.24, 2.45) is 5.92 Å². The van der Waals surface area contributed by atoms with Gasteiger partial charge in [-0.3, -0.25) is 0 Å². The Morgan fingerprint density at radius 1 is 1.47 bits per heavy atom. The summed E-state index contributed by atoms with van der Waals surface area (Å²) >= 11 is 0. The maximum atomic E-state index is 11.7. The minimum Gasteiger partial charge on any atom is -0.444 e. The molecule has 1 amide bonds. The van der Waals surface area contributed by atoms with E-state index in [0.717, 1.165) is 0 Å². The second-order valence-electron chi connectivity index (χ2n) is 5.37. The highest BCUT2D eigenvalue weighted by molar-refractivity contribution is 5.68. The van der Waals surface area contributed by atoms with Crippen LogP contribution in [0.5, 0.6) is 0 Å². The minimum atomic E-state index is -1.02. The van der Waals surface area contributed by atoms with Crippen molar-refractivity contribution < 1.29 is 24.9 Å². The molecule has 0 bridgehead atoms. The van der Waals surface area contributed by atoms with Crippen molar-refractivity contribution in [3.8, 4) is 0 Å². The van der Waals surface area contributed by atoms with Crippen LogP contribution in [0.4, 0.5) is 4.79 Å². The van der Waals surface area contributed by atoms with Gasteiger partial charge in [0.05, 0.1) is 25.4 Å². The molecule has 0 saturated carbocycles. The zero-order chi connectivity index (χ0) is 13.2. The van der Waals surface area contributed by atoms with Crippen LogP contribution in [0.25, 0.3) is 0 Å². The Morgan fingerprint density at radius 3 is 2.53 bits per heavy atom. The Labute approximate surface area is 101 Å². The normalized spacial score (nSPS) is 27.1. The van der Waals surface area contributed by atoms with Crippen molar-refractivity contribution in [3.05, 3.63) is 0 Å². The Morgan fingerprint density at radius 2 is 2.06 bits per heavy atom. The van der Waals surface area contributed by atoms with E-state index in [1.165, 1.54) is 4.90 Å². The van der Waals surface area contributed by atoms with Crippen LogP contribution in [-0.2, 0) is 4.74 Å². The highest BCUT2D eigenvalue weighted by Gasteiger charge is 2.39. The SMILES string of the molecule is CC(C)(C)OC(=O)N1CC(O)C(C(O)CO)C1. The molecule has 3 N–H and O–H groups in total. The molecular formula is C11H21NO5. The van der Waals surface area contributed by atoms with Gasteiger partial charge in [0.1, 0.15) is 5.60 Å². The maximum absolute atomic E-state index is 11.7. The highest BCUT2D eigenvalue weighted by Crippen LogP contribution is 2.22. The first-order valence-corrected chi connectivity index (χ1v) is 5.69. The summed E-state index contributed by atoms with van der Waals surface area (Å²) in [5, 5.41) is 28.0. The molecule has 1 heterocycles. The number of rotatable bonds is 2. The molecule has 0 aliphatic carbocycles. The first kappa shape index (κ1) is 14.2. The first-order valence-electron chi connectivity index (χ1n) is 5.69. The van der Waals surface area contributed by atoms with E-state index in [4.69, 9.17) is 9.84 Å². The largest absolute Gasteiger partial charge is 0.444 e. The van der Waals surface area contributed by atoms with Crippen LogP contribution >= 0.6 is 0 Å². The van der Waals surface area contributed by atoms with Gasteiger partial charge >= 0.3 is 6.09 Å². The molecule has 1 fully saturated rings. The Kier molecular flexibility index (Phi) is 4.35. The Balaban J connectivity index is 2.57. The summed E-state index contributed by atoms with van der Waals surface area (Å²) < 4.78 is 5.16. The summed E-state index contributed by atoms with van der Waals surface area (Å²) in [6.45, 7) is 5.17. The molecule has 0 radical (unpaired) electrons. The van der Waals surface area contributed by atoms with Gasteiger partial charge in [-0.25, -0.2) is 4.79 Å². The number of aliphatic hydroxyl groups excluding tert-OH is 3. The van der Waals surface area contributed by atoms with Crippen LogP contribution in [-0.4, -0.2) is 63.8 Å². The number of hydrogen-bond donors (Lipinski definition) is 3. The second-order valence-corrected chi connectivity index (χ2v) is 5.37. The Hall–Kier alpha value is -0.850. The molecule has 3 atom stereocenters. The van der Waals surface area contributed by atoms with Crippen molar-refractivity contribution >= 4 is 6.09 Å². The Bertz CT molecular complexity index is 276. The number of amides is 1.